The molecule has 0 aromatic carbocycles. The van der Waals surface area contributed by atoms with E-state index in [2.05, 4.69) is 37.9 Å². The van der Waals surface area contributed by atoms with Gasteiger partial charge in [-0.25, -0.2) is 0 Å². The SMILES string of the molecule is CC(C)OCCN1CC(C2CC2)NCC1(C)C. The molecular formula is C14H28N2O. The molecule has 0 radical (unpaired) electrons. The molecule has 0 aromatic rings. The van der Waals surface area contributed by atoms with Gasteiger partial charge in [-0.3, -0.25) is 4.90 Å². The van der Waals surface area contributed by atoms with Crippen LogP contribution in [0.5, 0.6) is 0 Å². The molecule has 100 valence electrons. The Morgan fingerprint density at radius 2 is 2.06 bits per heavy atom. The van der Waals surface area contributed by atoms with Crippen molar-refractivity contribution in [3.8, 4) is 0 Å². The van der Waals surface area contributed by atoms with Gasteiger partial charge in [0, 0.05) is 31.2 Å². The first kappa shape index (κ1) is 13.3. The molecule has 0 amide bonds. The summed E-state index contributed by atoms with van der Waals surface area (Å²) in [7, 11) is 0. The first-order valence-corrected chi connectivity index (χ1v) is 7.09. The average molecular weight is 240 g/mol. The molecule has 17 heavy (non-hydrogen) atoms. The van der Waals surface area contributed by atoms with Gasteiger partial charge in [0.1, 0.15) is 0 Å². The van der Waals surface area contributed by atoms with Crippen LogP contribution in [0.2, 0.25) is 0 Å². The number of nitrogens with one attached hydrogen (secondary N) is 1. The highest BCUT2D eigenvalue weighted by Gasteiger charge is 2.39. The predicted molar refractivity (Wildman–Crippen MR) is 71.3 cm³/mol. The minimum Gasteiger partial charge on any atom is -0.377 e. The number of hydrogen-bond donors (Lipinski definition) is 1. The van der Waals surface area contributed by atoms with Gasteiger partial charge in [0.05, 0.1) is 12.7 Å². The lowest BCUT2D eigenvalue weighted by molar-refractivity contribution is 0.00874. The van der Waals surface area contributed by atoms with Crippen LogP contribution >= 0.6 is 0 Å². The van der Waals surface area contributed by atoms with E-state index in [0.717, 1.165) is 31.7 Å². The van der Waals surface area contributed by atoms with Crippen LogP contribution in [-0.4, -0.2) is 48.8 Å². The summed E-state index contributed by atoms with van der Waals surface area (Å²) in [4.78, 5) is 2.61. The smallest absolute Gasteiger partial charge is 0.0597 e. The van der Waals surface area contributed by atoms with Crippen molar-refractivity contribution in [2.24, 2.45) is 5.92 Å². The number of piperazine rings is 1. The van der Waals surface area contributed by atoms with Gasteiger partial charge in [-0.15, -0.1) is 0 Å². The summed E-state index contributed by atoms with van der Waals surface area (Å²) >= 11 is 0. The Hall–Kier alpha value is -0.120. The van der Waals surface area contributed by atoms with Crippen molar-refractivity contribution in [3.63, 3.8) is 0 Å². The van der Waals surface area contributed by atoms with E-state index in [4.69, 9.17) is 4.74 Å². The molecule has 1 saturated heterocycles. The summed E-state index contributed by atoms with van der Waals surface area (Å²) < 4.78 is 5.69. The molecule has 1 N–H and O–H groups in total. The Kier molecular flexibility index (Phi) is 4.11. The molecular weight excluding hydrogens is 212 g/mol. The third kappa shape index (κ3) is 3.67. The van der Waals surface area contributed by atoms with Gasteiger partial charge in [-0.1, -0.05) is 0 Å². The zero-order valence-electron chi connectivity index (χ0n) is 11.8. The van der Waals surface area contributed by atoms with Crippen LogP contribution in [0.3, 0.4) is 0 Å². The summed E-state index contributed by atoms with van der Waals surface area (Å²) in [6.45, 7) is 13.1. The lowest BCUT2D eigenvalue weighted by Crippen LogP contribution is -2.63. The number of nitrogens with zero attached hydrogens (tertiary/aromatic N) is 1. The van der Waals surface area contributed by atoms with Gasteiger partial charge in [-0.2, -0.15) is 0 Å². The van der Waals surface area contributed by atoms with E-state index in [9.17, 15) is 0 Å². The maximum absolute atomic E-state index is 5.69. The van der Waals surface area contributed by atoms with E-state index >= 15 is 0 Å². The fourth-order valence-electron chi connectivity index (χ4n) is 2.65. The van der Waals surface area contributed by atoms with Gasteiger partial charge >= 0.3 is 0 Å². The summed E-state index contributed by atoms with van der Waals surface area (Å²) in [5.74, 6) is 0.944. The Labute approximate surface area is 106 Å². The summed E-state index contributed by atoms with van der Waals surface area (Å²) in [5.41, 5.74) is 0.270. The van der Waals surface area contributed by atoms with Gasteiger partial charge < -0.3 is 10.1 Å². The first-order valence-electron chi connectivity index (χ1n) is 7.09. The zero-order valence-corrected chi connectivity index (χ0v) is 11.8. The van der Waals surface area contributed by atoms with Crippen molar-refractivity contribution in [2.75, 3.05) is 26.2 Å². The average Bonchev–Trinajstić information content (AvgIpc) is 3.03. The summed E-state index contributed by atoms with van der Waals surface area (Å²) in [6.07, 6.45) is 3.20. The molecule has 1 saturated carbocycles. The second-order valence-corrected chi connectivity index (χ2v) is 6.50. The molecule has 2 rings (SSSR count). The molecule has 0 spiro atoms. The van der Waals surface area contributed by atoms with Gasteiger partial charge in [0.2, 0.25) is 0 Å². The fraction of sp³-hybridized carbons (Fsp3) is 1.00. The molecule has 1 atom stereocenters. The van der Waals surface area contributed by atoms with Crippen molar-refractivity contribution in [1.82, 2.24) is 10.2 Å². The molecule has 2 fully saturated rings. The number of ether oxygens (including phenoxy) is 1. The molecule has 0 aromatic heterocycles. The number of hydrogen-bond acceptors (Lipinski definition) is 3. The van der Waals surface area contributed by atoms with Crippen molar-refractivity contribution in [2.45, 2.75) is 58.2 Å². The van der Waals surface area contributed by atoms with Crippen LogP contribution in [0.25, 0.3) is 0 Å². The highest BCUT2D eigenvalue weighted by molar-refractivity contribution is 4.98. The maximum Gasteiger partial charge on any atom is 0.0597 e. The van der Waals surface area contributed by atoms with Crippen molar-refractivity contribution < 1.29 is 4.74 Å². The molecule has 1 aliphatic heterocycles. The molecule has 1 aliphatic carbocycles. The quantitative estimate of drug-likeness (QED) is 0.794. The van der Waals surface area contributed by atoms with E-state index in [0.29, 0.717) is 6.10 Å². The van der Waals surface area contributed by atoms with Crippen molar-refractivity contribution >= 4 is 0 Å². The second-order valence-electron chi connectivity index (χ2n) is 6.50. The fourth-order valence-corrected chi connectivity index (χ4v) is 2.65. The summed E-state index contributed by atoms with van der Waals surface area (Å²) in [6, 6.07) is 0.724. The molecule has 1 unspecified atom stereocenters. The number of rotatable bonds is 5. The monoisotopic (exact) mass is 240 g/mol. The van der Waals surface area contributed by atoms with E-state index in [1.807, 2.05) is 0 Å². The third-order valence-corrected chi connectivity index (χ3v) is 4.07. The minimum absolute atomic E-state index is 0.270. The van der Waals surface area contributed by atoms with Crippen LogP contribution in [0, 0.1) is 5.92 Å². The van der Waals surface area contributed by atoms with E-state index < -0.39 is 0 Å². The summed E-state index contributed by atoms with van der Waals surface area (Å²) in [5, 5.41) is 3.72. The van der Waals surface area contributed by atoms with Crippen molar-refractivity contribution in [1.29, 1.82) is 0 Å². The standard InChI is InChI=1S/C14H28N2O/c1-11(2)17-8-7-16-9-13(12-5-6-12)15-10-14(16,3)4/h11-13,15H,5-10H2,1-4H3. The topological polar surface area (TPSA) is 24.5 Å². The van der Waals surface area contributed by atoms with Crippen molar-refractivity contribution in [3.05, 3.63) is 0 Å². The highest BCUT2D eigenvalue weighted by atomic mass is 16.5. The Morgan fingerprint density at radius 1 is 1.35 bits per heavy atom. The maximum atomic E-state index is 5.69. The third-order valence-electron chi connectivity index (χ3n) is 4.07. The van der Waals surface area contributed by atoms with Crippen LogP contribution < -0.4 is 5.32 Å². The molecule has 3 nitrogen and oxygen atoms in total. The Bertz CT molecular complexity index is 249. The van der Waals surface area contributed by atoms with Crippen LogP contribution in [0.1, 0.15) is 40.5 Å². The largest absolute Gasteiger partial charge is 0.377 e. The van der Waals surface area contributed by atoms with Crippen LogP contribution in [-0.2, 0) is 4.74 Å². The van der Waals surface area contributed by atoms with Gasteiger partial charge in [0.25, 0.3) is 0 Å². The van der Waals surface area contributed by atoms with Crippen LogP contribution in [0.4, 0.5) is 0 Å². The lowest BCUT2D eigenvalue weighted by Gasteiger charge is -2.46. The first-order chi connectivity index (χ1) is 7.99. The Morgan fingerprint density at radius 3 is 2.65 bits per heavy atom. The minimum atomic E-state index is 0.270. The highest BCUT2D eigenvalue weighted by Crippen LogP contribution is 2.35. The zero-order chi connectivity index (χ0) is 12.5. The van der Waals surface area contributed by atoms with E-state index in [-0.39, 0.29) is 5.54 Å². The Balaban J connectivity index is 1.82. The normalized spacial score (nSPS) is 29.8. The lowest BCUT2D eigenvalue weighted by atomic mass is 9.96. The second kappa shape index (κ2) is 5.25. The predicted octanol–water partition coefficient (Wildman–Crippen LogP) is 1.87. The van der Waals surface area contributed by atoms with Gasteiger partial charge in [-0.05, 0) is 46.5 Å². The van der Waals surface area contributed by atoms with Crippen LogP contribution in [0.15, 0.2) is 0 Å². The molecule has 1 heterocycles. The van der Waals surface area contributed by atoms with E-state index in [1.54, 1.807) is 0 Å². The van der Waals surface area contributed by atoms with Gasteiger partial charge in [0.15, 0.2) is 0 Å². The van der Waals surface area contributed by atoms with E-state index in [1.165, 1.54) is 19.4 Å². The molecule has 0 bridgehead atoms. The molecule has 2 aliphatic rings. The molecule has 3 heteroatoms.